The number of pyridine rings is 1. The second-order valence-corrected chi connectivity index (χ2v) is 6.70. The number of nitro groups is 1. The summed E-state index contributed by atoms with van der Waals surface area (Å²) in [7, 11) is 0. The summed E-state index contributed by atoms with van der Waals surface area (Å²) in [4.78, 5) is 26.6. The van der Waals surface area contributed by atoms with Gasteiger partial charge in [0.05, 0.1) is 4.92 Å². The fraction of sp³-hybridized carbons (Fsp3) is 0.500. The van der Waals surface area contributed by atoms with Gasteiger partial charge < -0.3 is 15.8 Å². The van der Waals surface area contributed by atoms with Gasteiger partial charge >= 0.3 is 11.8 Å². The van der Waals surface area contributed by atoms with E-state index in [-0.39, 0.29) is 17.4 Å². The van der Waals surface area contributed by atoms with Crippen LogP contribution in [0.5, 0.6) is 0 Å². The van der Waals surface area contributed by atoms with Gasteiger partial charge in [-0.1, -0.05) is 6.08 Å². The van der Waals surface area contributed by atoms with E-state index in [0.29, 0.717) is 25.0 Å². The largest absolute Gasteiger partial charge is 0.444 e. The molecule has 0 aliphatic heterocycles. The predicted octanol–water partition coefficient (Wildman–Crippen LogP) is 3.03. The molecule has 0 radical (unpaired) electrons. The number of nitrogens with one attached hydrogen (secondary N) is 1. The molecular formula is C16H22N4O4. The first-order valence-corrected chi connectivity index (χ1v) is 7.75. The average molecular weight is 334 g/mol. The average Bonchev–Trinajstić information content (AvgIpc) is 2.45. The highest BCUT2D eigenvalue weighted by Gasteiger charge is 2.26. The third-order valence-electron chi connectivity index (χ3n) is 3.57. The number of allylic oxidation sites excluding steroid dienone is 1. The molecule has 1 atom stereocenters. The number of nitrogens with two attached hydrogens (primary N) is 1. The lowest BCUT2D eigenvalue weighted by atomic mass is 9.92. The third kappa shape index (κ3) is 4.43. The lowest BCUT2D eigenvalue weighted by molar-refractivity contribution is -0.384. The van der Waals surface area contributed by atoms with Crippen LogP contribution >= 0.6 is 0 Å². The molecule has 0 saturated carbocycles. The van der Waals surface area contributed by atoms with Gasteiger partial charge in [0.2, 0.25) is 0 Å². The van der Waals surface area contributed by atoms with Crippen LogP contribution in [-0.4, -0.2) is 27.6 Å². The van der Waals surface area contributed by atoms with Crippen LogP contribution in [0.15, 0.2) is 18.3 Å². The Labute approximate surface area is 140 Å². The molecule has 0 fully saturated rings. The molecular weight excluding hydrogens is 312 g/mol. The zero-order valence-electron chi connectivity index (χ0n) is 14.0. The van der Waals surface area contributed by atoms with Gasteiger partial charge in [0, 0.05) is 12.2 Å². The molecule has 1 aromatic rings. The van der Waals surface area contributed by atoms with Crippen molar-refractivity contribution in [1.29, 1.82) is 0 Å². The molecule has 8 nitrogen and oxygen atoms in total. The summed E-state index contributed by atoms with van der Waals surface area (Å²) in [5.74, 6) is 0. The van der Waals surface area contributed by atoms with Crippen molar-refractivity contribution in [2.45, 2.75) is 51.7 Å². The van der Waals surface area contributed by atoms with Crippen LogP contribution in [0, 0.1) is 10.1 Å². The number of hydrogen-bond acceptors (Lipinski definition) is 6. The van der Waals surface area contributed by atoms with Crippen molar-refractivity contribution in [3.05, 3.63) is 34.1 Å². The minimum absolute atomic E-state index is 0.0660. The quantitative estimate of drug-likeness (QED) is 0.647. The maximum atomic E-state index is 11.8. The van der Waals surface area contributed by atoms with Gasteiger partial charge in [-0.15, -0.1) is 0 Å². The van der Waals surface area contributed by atoms with E-state index in [4.69, 9.17) is 10.5 Å². The summed E-state index contributed by atoms with van der Waals surface area (Å²) in [6, 6.07) is 1.35. The molecule has 1 aliphatic rings. The fourth-order valence-corrected chi connectivity index (χ4v) is 2.55. The van der Waals surface area contributed by atoms with E-state index in [0.717, 1.165) is 5.57 Å². The van der Waals surface area contributed by atoms with Crippen molar-refractivity contribution in [3.8, 4) is 0 Å². The number of amides is 1. The summed E-state index contributed by atoms with van der Waals surface area (Å²) in [6.07, 6.45) is 4.64. The molecule has 1 amide bonds. The molecule has 2 rings (SSSR count). The Hall–Kier alpha value is -2.64. The Morgan fingerprint density at radius 2 is 2.21 bits per heavy atom. The first kappa shape index (κ1) is 17.7. The first-order valence-electron chi connectivity index (χ1n) is 7.75. The van der Waals surface area contributed by atoms with Crippen molar-refractivity contribution in [3.63, 3.8) is 0 Å². The number of aromatic nitrogens is 1. The zero-order valence-corrected chi connectivity index (χ0v) is 14.0. The molecule has 0 bridgehead atoms. The third-order valence-corrected chi connectivity index (χ3v) is 3.57. The first-order chi connectivity index (χ1) is 11.2. The second-order valence-electron chi connectivity index (χ2n) is 6.70. The number of rotatable bonds is 3. The van der Waals surface area contributed by atoms with E-state index in [1.54, 1.807) is 20.8 Å². The molecule has 0 saturated heterocycles. The molecule has 0 spiro atoms. The van der Waals surface area contributed by atoms with Crippen LogP contribution < -0.4 is 11.1 Å². The lowest BCUT2D eigenvalue weighted by Crippen LogP contribution is -2.39. The Kier molecular flexibility index (Phi) is 5.06. The monoisotopic (exact) mass is 334 g/mol. The number of ether oxygens (including phenoxy) is 1. The number of nitrogens with zero attached hydrogens (tertiary/aromatic N) is 2. The SMILES string of the molecule is CC(C)(C)OC(=O)NC1CC=C(c2nccc(N)c2[N+](=O)[O-])CC1. The topological polar surface area (TPSA) is 120 Å². The zero-order chi connectivity index (χ0) is 17.9. The molecule has 0 aromatic carbocycles. The standard InChI is InChI=1S/C16H22N4O4/c1-16(2,3)24-15(21)19-11-6-4-10(5-7-11)13-14(20(22)23)12(17)8-9-18-13/h4,8-9,11H,5-7H2,1-3H3,(H2,17,18)(H,19,21). The van der Waals surface area contributed by atoms with E-state index in [9.17, 15) is 14.9 Å². The molecule has 24 heavy (non-hydrogen) atoms. The van der Waals surface area contributed by atoms with Gasteiger partial charge in [0.25, 0.3) is 0 Å². The molecule has 130 valence electrons. The van der Waals surface area contributed by atoms with E-state index >= 15 is 0 Å². The molecule has 1 heterocycles. The van der Waals surface area contributed by atoms with E-state index in [1.165, 1.54) is 12.3 Å². The highest BCUT2D eigenvalue weighted by molar-refractivity contribution is 5.77. The van der Waals surface area contributed by atoms with Crippen molar-refractivity contribution in [2.24, 2.45) is 0 Å². The van der Waals surface area contributed by atoms with Gasteiger partial charge in [-0.25, -0.2) is 9.78 Å². The molecule has 8 heteroatoms. The van der Waals surface area contributed by atoms with Gasteiger partial charge in [-0.2, -0.15) is 0 Å². The van der Waals surface area contributed by atoms with Crippen LogP contribution in [0.25, 0.3) is 5.57 Å². The van der Waals surface area contributed by atoms with Crippen molar-refractivity contribution in [2.75, 3.05) is 5.73 Å². The number of hydrogen-bond donors (Lipinski definition) is 2. The normalized spacial score (nSPS) is 17.8. The number of alkyl carbamates (subject to hydrolysis) is 1. The summed E-state index contributed by atoms with van der Waals surface area (Å²) in [6.45, 7) is 5.40. The highest BCUT2D eigenvalue weighted by atomic mass is 16.6. The van der Waals surface area contributed by atoms with E-state index < -0.39 is 16.6 Å². The molecule has 3 N–H and O–H groups in total. The van der Waals surface area contributed by atoms with Gasteiger partial charge in [0.15, 0.2) is 0 Å². The molecule has 1 unspecified atom stereocenters. The summed E-state index contributed by atoms with van der Waals surface area (Å²) < 4.78 is 5.23. The van der Waals surface area contributed by atoms with Crippen molar-refractivity contribution < 1.29 is 14.5 Å². The maximum absolute atomic E-state index is 11.8. The van der Waals surface area contributed by atoms with Crippen molar-refractivity contribution in [1.82, 2.24) is 10.3 Å². The summed E-state index contributed by atoms with van der Waals surface area (Å²) in [5, 5.41) is 14.0. The fourth-order valence-electron chi connectivity index (χ4n) is 2.55. The molecule has 1 aromatic heterocycles. The lowest BCUT2D eigenvalue weighted by Gasteiger charge is -2.25. The predicted molar refractivity (Wildman–Crippen MR) is 90.3 cm³/mol. The van der Waals surface area contributed by atoms with E-state index in [1.807, 2.05) is 6.08 Å². The Balaban J connectivity index is 2.08. The Morgan fingerprint density at radius 3 is 2.75 bits per heavy atom. The smallest absolute Gasteiger partial charge is 0.407 e. The maximum Gasteiger partial charge on any atom is 0.407 e. The number of nitrogen functional groups attached to an aromatic ring is 1. The van der Waals surface area contributed by atoms with E-state index in [2.05, 4.69) is 10.3 Å². The van der Waals surface area contributed by atoms with Crippen LogP contribution in [0.4, 0.5) is 16.2 Å². The van der Waals surface area contributed by atoms with Gasteiger partial charge in [-0.05, 0) is 51.7 Å². The van der Waals surface area contributed by atoms with Crippen LogP contribution in [0.2, 0.25) is 0 Å². The van der Waals surface area contributed by atoms with Gasteiger partial charge in [0.1, 0.15) is 17.0 Å². The van der Waals surface area contributed by atoms with Crippen molar-refractivity contribution >= 4 is 23.0 Å². The number of carbonyl (C=O) groups is 1. The number of carbonyl (C=O) groups excluding carboxylic acids is 1. The van der Waals surface area contributed by atoms with Gasteiger partial charge in [-0.3, -0.25) is 10.1 Å². The minimum atomic E-state index is -0.550. The Bertz CT molecular complexity index is 679. The van der Waals surface area contributed by atoms with Crippen LogP contribution in [-0.2, 0) is 4.74 Å². The minimum Gasteiger partial charge on any atom is -0.444 e. The number of anilines is 1. The molecule has 1 aliphatic carbocycles. The van der Waals surface area contributed by atoms with Crippen LogP contribution in [0.3, 0.4) is 0 Å². The second kappa shape index (κ2) is 6.86. The van der Waals surface area contributed by atoms with Crippen LogP contribution in [0.1, 0.15) is 45.7 Å². The summed E-state index contributed by atoms with van der Waals surface area (Å²) >= 11 is 0. The Morgan fingerprint density at radius 1 is 1.50 bits per heavy atom. The summed E-state index contributed by atoms with van der Waals surface area (Å²) in [5.41, 5.74) is 6.16. The highest BCUT2D eigenvalue weighted by Crippen LogP contribution is 2.34.